The van der Waals surface area contributed by atoms with Crippen molar-refractivity contribution >= 4 is 33.9 Å². The average molecular weight is 418 g/mol. The number of fused-ring (bicyclic) bond motifs is 2. The Kier molecular flexibility index (Phi) is 5.03. The smallest absolute Gasteiger partial charge is 0.341 e. The molecule has 1 N–H and O–H groups in total. The summed E-state index contributed by atoms with van der Waals surface area (Å²) in [7, 11) is 3.69. The van der Waals surface area contributed by atoms with E-state index in [2.05, 4.69) is 15.9 Å². The second kappa shape index (κ2) is 7.69. The molecule has 8 heteroatoms. The minimum Gasteiger partial charge on any atom is -0.482 e. The molecule has 1 aliphatic rings. The van der Waals surface area contributed by atoms with Gasteiger partial charge in [-0.05, 0) is 31.2 Å². The van der Waals surface area contributed by atoms with Gasteiger partial charge in [0.2, 0.25) is 0 Å². The zero-order valence-corrected chi connectivity index (χ0v) is 17.5. The third-order valence-corrected chi connectivity index (χ3v) is 5.59. The number of carbonyl (C=O) groups is 1. The molecule has 0 unspecified atom stereocenters. The third-order valence-electron chi connectivity index (χ3n) is 5.59. The van der Waals surface area contributed by atoms with Crippen LogP contribution in [0.5, 0.6) is 5.75 Å². The second-order valence-electron chi connectivity index (χ2n) is 7.64. The van der Waals surface area contributed by atoms with Crippen molar-refractivity contribution in [3.05, 3.63) is 57.9 Å². The molecule has 0 bridgehead atoms. The standard InChI is InChI=1S/C23H22N4O4/c1-14-8-17-19(26(3)23(14)30)10-16(31-13-22(28)29)11-20(17)27-7-6-25(2)18-5-4-15(12-24)9-21(18)27/h4-5,8-11H,6-7,13H2,1-3H3,(H,28,29). The van der Waals surface area contributed by atoms with E-state index in [4.69, 9.17) is 9.84 Å². The lowest BCUT2D eigenvalue weighted by molar-refractivity contribution is -0.139. The molecule has 4 rings (SSSR count). The van der Waals surface area contributed by atoms with Gasteiger partial charge in [0.05, 0.1) is 34.2 Å². The van der Waals surface area contributed by atoms with Gasteiger partial charge in [-0.3, -0.25) is 4.79 Å². The largest absolute Gasteiger partial charge is 0.482 e. The van der Waals surface area contributed by atoms with Crippen LogP contribution >= 0.6 is 0 Å². The molecule has 158 valence electrons. The predicted molar refractivity (Wildman–Crippen MR) is 118 cm³/mol. The van der Waals surface area contributed by atoms with Gasteiger partial charge in [0.15, 0.2) is 6.61 Å². The first-order chi connectivity index (χ1) is 14.8. The number of anilines is 3. The van der Waals surface area contributed by atoms with E-state index in [-0.39, 0.29) is 5.56 Å². The lowest BCUT2D eigenvalue weighted by atomic mass is 10.0. The number of rotatable bonds is 4. The number of hydrogen-bond donors (Lipinski definition) is 1. The van der Waals surface area contributed by atoms with Crippen molar-refractivity contribution in [3.63, 3.8) is 0 Å². The number of benzene rings is 2. The van der Waals surface area contributed by atoms with Gasteiger partial charge < -0.3 is 24.2 Å². The zero-order valence-electron chi connectivity index (χ0n) is 17.5. The predicted octanol–water partition coefficient (Wildman–Crippen LogP) is 2.77. The van der Waals surface area contributed by atoms with Crippen molar-refractivity contribution in [2.75, 3.05) is 36.5 Å². The number of hydrogen-bond acceptors (Lipinski definition) is 6. The Hall–Kier alpha value is -3.99. The summed E-state index contributed by atoms with van der Waals surface area (Å²) in [5.41, 5.74) is 4.32. The molecule has 0 spiro atoms. The fourth-order valence-electron chi connectivity index (χ4n) is 4.00. The molecule has 0 saturated heterocycles. The Bertz CT molecular complexity index is 1310. The monoisotopic (exact) mass is 418 g/mol. The summed E-state index contributed by atoms with van der Waals surface area (Å²) < 4.78 is 7.03. The number of aromatic nitrogens is 1. The van der Waals surface area contributed by atoms with E-state index in [0.29, 0.717) is 28.9 Å². The molecule has 3 aromatic rings. The SMILES string of the molecule is Cc1cc2c(N3CCN(C)c4ccc(C#N)cc43)cc(OCC(=O)O)cc2n(C)c1=O. The van der Waals surface area contributed by atoms with Gasteiger partial charge in [-0.1, -0.05) is 0 Å². The summed E-state index contributed by atoms with van der Waals surface area (Å²) in [6, 6.07) is 13.1. The quantitative estimate of drug-likeness (QED) is 0.696. The van der Waals surface area contributed by atoms with Crippen molar-refractivity contribution in [1.82, 2.24) is 4.57 Å². The first-order valence-electron chi connectivity index (χ1n) is 9.82. The molecule has 31 heavy (non-hydrogen) atoms. The van der Waals surface area contributed by atoms with Gasteiger partial charge >= 0.3 is 5.97 Å². The van der Waals surface area contributed by atoms with Crippen LogP contribution in [0.25, 0.3) is 10.9 Å². The summed E-state index contributed by atoms with van der Waals surface area (Å²) in [5.74, 6) is -0.719. The Morgan fingerprint density at radius 1 is 1.13 bits per heavy atom. The Balaban J connectivity index is 1.99. The van der Waals surface area contributed by atoms with Gasteiger partial charge in [0, 0.05) is 50.3 Å². The first kappa shape index (κ1) is 20.3. The molecule has 2 heterocycles. The number of aliphatic carboxylic acids is 1. The lowest BCUT2D eigenvalue weighted by Crippen LogP contribution is -2.36. The van der Waals surface area contributed by atoms with Crippen LogP contribution in [0.2, 0.25) is 0 Å². The molecule has 0 amide bonds. The number of ether oxygens (including phenoxy) is 1. The molecule has 0 saturated carbocycles. The van der Waals surface area contributed by atoms with Crippen molar-refractivity contribution < 1.29 is 14.6 Å². The van der Waals surface area contributed by atoms with Crippen molar-refractivity contribution in [1.29, 1.82) is 5.26 Å². The van der Waals surface area contributed by atoms with Gasteiger partial charge in [0.25, 0.3) is 5.56 Å². The number of nitriles is 1. The maximum Gasteiger partial charge on any atom is 0.341 e. The normalized spacial score (nSPS) is 13.1. The number of likely N-dealkylation sites (N-methyl/N-ethyl adjacent to an activating group) is 1. The highest BCUT2D eigenvalue weighted by Crippen LogP contribution is 2.42. The molecule has 0 fully saturated rings. The van der Waals surface area contributed by atoms with Crippen LogP contribution in [0.4, 0.5) is 17.1 Å². The first-order valence-corrected chi connectivity index (χ1v) is 9.82. The Morgan fingerprint density at radius 3 is 2.61 bits per heavy atom. The maximum atomic E-state index is 12.5. The summed E-state index contributed by atoms with van der Waals surface area (Å²) in [6.45, 7) is 2.69. The van der Waals surface area contributed by atoms with E-state index >= 15 is 0 Å². The van der Waals surface area contributed by atoms with Crippen LogP contribution in [-0.4, -0.2) is 42.4 Å². The lowest BCUT2D eigenvalue weighted by Gasteiger charge is -2.37. The average Bonchev–Trinajstić information content (AvgIpc) is 2.76. The molecule has 0 aliphatic carbocycles. The van der Waals surface area contributed by atoms with E-state index in [1.54, 1.807) is 36.7 Å². The number of aryl methyl sites for hydroxylation is 2. The third kappa shape index (κ3) is 3.55. The van der Waals surface area contributed by atoms with E-state index in [1.807, 2.05) is 25.2 Å². The van der Waals surface area contributed by atoms with Gasteiger partial charge in [-0.15, -0.1) is 0 Å². The molecule has 0 atom stereocenters. The molecule has 1 aromatic heterocycles. The van der Waals surface area contributed by atoms with Crippen LogP contribution < -0.4 is 20.1 Å². The fraction of sp³-hybridized carbons (Fsp3) is 0.261. The van der Waals surface area contributed by atoms with Crippen LogP contribution in [0.3, 0.4) is 0 Å². The molecule has 8 nitrogen and oxygen atoms in total. The molecule has 2 aromatic carbocycles. The minimum atomic E-state index is -1.08. The van der Waals surface area contributed by atoms with E-state index in [1.165, 1.54) is 0 Å². The highest BCUT2D eigenvalue weighted by molar-refractivity contribution is 5.98. The molecule has 1 aliphatic heterocycles. The Morgan fingerprint density at radius 2 is 1.90 bits per heavy atom. The summed E-state index contributed by atoms with van der Waals surface area (Å²) in [5, 5.41) is 19.3. The summed E-state index contributed by atoms with van der Waals surface area (Å²) >= 11 is 0. The maximum absolute atomic E-state index is 12.5. The van der Waals surface area contributed by atoms with Crippen molar-refractivity contribution in [3.8, 4) is 11.8 Å². The summed E-state index contributed by atoms with van der Waals surface area (Å²) in [6.07, 6.45) is 0. The number of carboxylic acids is 1. The molecule has 0 radical (unpaired) electrons. The zero-order chi connectivity index (χ0) is 22.3. The number of pyridine rings is 1. The minimum absolute atomic E-state index is 0.126. The highest BCUT2D eigenvalue weighted by Gasteiger charge is 2.25. The van der Waals surface area contributed by atoms with Crippen LogP contribution in [0, 0.1) is 18.3 Å². The number of carboxylic acid groups (broad SMARTS) is 1. The molecular weight excluding hydrogens is 396 g/mol. The van der Waals surface area contributed by atoms with Crippen molar-refractivity contribution in [2.24, 2.45) is 7.05 Å². The van der Waals surface area contributed by atoms with E-state index in [0.717, 1.165) is 29.0 Å². The van der Waals surface area contributed by atoms with E-state index in [9.17, 15) is 14.9 Å². The van der Waals surface area contributed by atoms with Crippen LogP contribution in [0.1, 0.15) is 11.1 Å². The van der Waals surface area contributed by atoms with Crippen molar-refractivity contribution in [2.45, 2.75) is 6.92 Å². The molecular formula is C23H22N4O4. The fourth-order valence-corrected chi connectivity index (χ4v) is 4.00. The van der Waals surface area contributed by atoms with Gasteiger partial charge in [0.1, 0.15) is 5.75 Å². The van der Waals surface area contributed by atoms with Gasteiger partial charge in [-0.2, -0.15) is 5.26 Å². The summed E-state index contributed by atoms with van der Waals surface area (Å²) in [4.78, 5) is 27.8. The van der Waals surface area contributed by atoms with Gasteiger partial charge in [-0.25, -0.2) is 4.79 Å². The highest BCUT2D eigenvalue weighted by atomic mass is 16.5. The topological polar surface area (TPSA) is 98.8 Å². The van der Waals surface area contributed by atoms with Crippen LogP contribution in [0.15, 0.2) is 41.2 Å². The Labute approximate surface area is 179 Å². The second-order valence-corrected chi connectivity index (χ2v) is 7.64. The number of nitrogens with zero attached hydrogens (tertiary/aromatic N) is 4. The van der Waals surface area contributed by atoms with Crippen LogP contribution in [-0.2, 0) is 11.8 Å². The van der Waals surface area contributed by atoms with E-state index < -0.39 is 12.6 Å².